The second kappa shape index (κ2) is 6.70. The highest BCUT2D eigenvalue weighted by Crippen LogP contribution is 2.22. The van der Waals surface area contributed by atoms with Crippen molar-refractivity contribution in [2.75, 3.05) is 5.32 Å². The lowest BCUT2D eigenvalue weighted by atomic mass is 10.2. The van der Waals surface area contributed by atoms with Crippen LogP contribution in [0.25, 0.3) is 0 Å². The first-order valence-electron chi connectivity index (χ1n) is 5.80. The molecule has 2 aromatic carbocycles. The van der Waals surface area contributed by atoms with Crippen molar-refractivity contribution < 1.29 is 23.4 Å². The van der Waals surface area contributed by atoms with E-state index in [1.54, 1.807) is 12.1 Å². The summed E-state index contributed by atoms with van der Waals surface area (Å²) < 4.78 is 28.9. The lowest BCUT2D eigenvalue weighted by molar-refractivity contribution is -0.0498. The highest BCUT2D eigenvalue weighted by molar-refractivity contribution is 14.1. The van der Waals surface area contributed by atoms with Crippen molar-refractivity contribution in [3.8, 4) is 11.5 Å². The second-order valence-electron chi connectivity index (χ2n) is 4.02. The van der Waals surface area contributed by atoms with Crippen LogP contribution in [0.5, 0.6) is 11.5 Å². The third-order valence-corrected chi connectivity index (χ3v) is 3.46. The minimum atomic E-state index is -2.89. The predicted molar refractivity (Wildman–Crippen MR) is 81.9 cm³/mol. The van der Waals surface area contributed by atoms with Crippen LogP contribution >= 0.6 is 22.6 Å². The Morgan fingerprint density at radius 3 is 2.43 bits per heavy atom. The third kappa shape index (κ3) is 4.28. The van der Waals surface area contributed by atoms with E-state index < -0.39 is 12.5 Å². The van der Waals surface area contributed by atoms with E-state index in [1.165, 1.54) is 30.3 Å². The molecule has 0 spiro atoms. The van der Waals surface area contributed by atoms with E-state index in [0.717, 1.165) is 0 Å². The molecule has 0 aliphatic heterocycles. The molecule has 0 fully saturated rings. The highest BCUT2D eigenvalue weighted by Gasteiger charge is 2.09. The zero-order valence-corrected chi connectivity index (χ0v) is 12.7. The lowest BCUT2D eigenvalue weighted by Gasteiger charge is -2.08. The van der Waals surface area contributed by atoms with Gasteiger partial charge in [0.05, 0.1) is 3.57 Å². The van der Waals surface area contributed by atoms with Gasteiger partial charge in [-0.25, -0.2) is 0 Å². The summed E-state index contributed by atoms with van der Waals surface area (Å²) in [5, 5.41) is 12.2. The molecule has 2 aromatic rings. The number of amides is 1. The van der Waals surface area contributed by atoms with Gasteiger partial charge in [-0.1, -0.05) is 0 Å². The van der Waals surface area contributed by atoms with Gasteiger partial charge in [-0.15, -0.1) is 0 Å². The van der Waals surface area contributed by atoms with Crippen LogP contribution in [0.15, 0.2) is 42.5 Å². The van der Waals surface area contributed by atoms with Crippen LogP contribution in [-0.2, 0) is 0 Å². The number of carbonyl (C=O) groups excluding carboxylic acids is 1. The van der Waals surface area contributed by atoms with Gasteiger partial charge in [0.15, 0.2) is 0 Å². The van der Waals surface area contributed by atoms with E-state index in [9.17, 15) is 18.7 Å². The first kappa shape index (κ1) is 15.5. The van der Waals surface area contributed by atoms with Crippen LogP contribution in [0.4, 0.5) is 14.5 Å². The summed E-state index contributed by atoms with van der Waals surface area (Å²) in [5.74, 6) is -0.386. The van der Waals surface area contributed by atoms with Gasteiger partial charge >= 0.3 is 6.61 Å². The molecule has 0 saturated carbocycles. The molecule has 2 N–H and O–H groups in total. The first-order chi connectivity index (χ1) is 9.95. The van der Waals surface area contributed by atoms with E-state index in [1.807, 2.05) is 22.6 Å². The molecular formula is C14H10F2INO3. The van der Waals surface area contributed by atoms with Crippen LogP contribution in [0, 0.1) is 3.57 Å². The Morgan fingerprint density at radius 1 is 1.19 bits per heavy atom. The number of phenolic OH excluding ortho intramolecular Hbond substituents is 1. The largest absolute Gasteiger partial charge is 0.507 e. The fourth-order valence-corrected chi connectivity index (χ4v) is 1.91. The number of ether oxygens (including phenoxy) is 1. The molecule has 2 rings (SSSR count). The molecule has 0 heterocycles. The SMILES string of the molecule is O=C(Nc1ccc(OC(F)F)cc1)c1ccc(I)c(O)c1. The number of rotatable bonds is 4. The molecule has 0 saturated heterocycles. The van der Waals surface area contributed by atoms with E-state index in [4.69, 9.17) is 0 Å². The Labute approximate surface area is 132 Å². The van der Waals surface area contributed by atoms with E-state index >= 15 is 0 Å². The zero-order valence-electron chi connectivity index (χ0n) is 10.5. The monoisotopic (exact) mass is 405 g/mol. The average molecular weight is 405 g/mol. The van der Waals surface area contributed by atoms with Crippen LogP contribution in [0.2, 0.25) is 0 Å². The number of alkyl halides is 2. The topological polar surface area (TPSA) is 58.6 Å². The molecular weight excluding hydrogens is 395 g/mol. The second-order valence-corrected chi connectivity index (χ2v) is 5.19. The molecule has 1 amide bonds. The van der Waals surface area contributed by atoms with Crippen LogP contribution in [0.3, 0.4) is 0 Å². The molecule has 0 bridgehead atoms. The maximum atomic E-state index is 12.0. The van der Waals surface area contributed by atoms with Crippen molar-refractivity contribution in [2.24, 2.45) is 0 Å². The number of carbonyl (C=O) groups is 1. The summed E-state index contributed by atoms with van der Waals surface area (Å²) in [4.78, 5) is 12.0. The molecule has 0 unspecified atom stereocenters. The zero-order chi connectivity index (χ0) is 15.4. The summed E-state index contributed by atoms with van der Waals surface area (Å²) in [6.45, 7) is -2.89. The molecule has 4 nitrogen and oxygen atoms in total. The van der Waals surface area contributed by atoms with Gasteiger partial charge in [0.1, 0.15) is 11.5 Å². The average Bonchev–Trinajstić information content (AvgIpc) is 2.43. The van der Waals surface area contributed by atoms with Crippen LogP contribution in [-0.4, -0.2) is 17.6 Å². The number of anilines is 1. The van der Waals surface area contributed by atoms with Crippen molar-refractivity contribution >= 4 is 34.2 Å². The minimum absolute atomic E-state index is 0.00917. The molecule has 0 aliphatic carbocycles. The molecule has 110 valence electrons. The summed E-state index contributed by atoms with van der Waals surface area (Å²) in [5.41, 5.74) is 0.723. The van der Waals surface area contributed by atoms with Gasteiger partial charge in [-0.2, -0.15) is 8.78 Å². The molecule has 21 heavy (non-hydrogen) atoms. The van der Waals surface area contributed by atoms with Crippen LogP contribution < -0.4 is 10.1 Å². The van der Waals surface area contributed by atoms with Gasteiger partial charge in [0.2, 0.25) is 0 Å². The standard InChI is InChI=1S/C14H10F2INO3/c15-14(16)21-10-4-2-9(3-5-10)18-13(20)8-1-6-11(17)12(19)7-8/h1-7,14,19H,(H,18,20). The van der Waals surface area contributed by atoms with Gasteiger partial charge in [0.25, 0.3) is 5.91 Å². The molecule has 0 aromatic heterocycles. The van der Waals surface area contributed by atoms with Crippen LogP contribution in [0.1, 0.15) is 10.4 Å². The Kier molecular flexibility index (Phi) is 4.94. The Balaban J connectivity index is 2.06. The van der Waals surface area contributed by atoms with E-state index in [2.05, 4.69) is 10.1 Å². The van der Waals surface area contributed by atoms with Crippen molar-refractivity contribution in [3.05, 3.63) is 51.6 Å². The quantitative estimate of drug-likeness (QED) is 0.760. The lowest BCUT2D eigenvalue weighted by Crippen LogP contribution is -2.11. The third-order valence-electron chi connectivity index (χ3n) is 2.55. The summed E-state index contributed by atoms with van der Waals surface area (Å²) in [7, 11) is 0. The maximum Gasteiger partial charge on any atom is 0.387 e. The molecule has 0 radical (unpaired) electrons. The Bertz CT molecular complexity index is 647. The van der Waals surface area contributed by atoms with Crippen molar-refractivity contribution in [3.63, 3.8) is 0 Å². The number of nitrogens with one attached hydrogen (secondary N) is 1. The normalized spacial score (nSPS) is 10.5. The summed E-state index contributed by atoms with van der Waals surface area (Å²) >= 11 is 1.94. The molecule has 0 atom stereocenters. The number of phenols is 1. The smallest absolute Gasteiger partial charge is 0.387 e. The van der Waals surface area contributed by atoms with E-state index in [-0.39, 0.29) is 11.5 Å². The maximum absolute atomic E-state index is 12.0. The number of benzene rings is 2. The number of halogens is 3. The Hall–Kier alpha value is -1.90. The first-order valence-corrected chi connectivity index (χ1v) is 6.88. The minimum Gasteiger partial charge on any atom is -0.507 e. The van der Waals surface area contributed by atoms with Crippen molar-refractivity contribution in [2.45, 2.75) is 6.61 Å². The van der Waals surface area contributed by atoms with E-state index in [0.29, 0.717) is 14.8 Å². The van der Waals surface area contributed by atoms with Crippen molar-refractivity contribution in [1.82, 2.24) is 0 Å². The summed E-state index contributed by atoms with van der Waals surface area (Å²) in [6.07, 6.45) is 0. The highest BCUT2D eigenvalue weighted by atomic mass is 127. The van der Waals surface area contributed by atoms with Crippen molar-refractivity contribution in [1.29, 1.82) is 0 Å². The van der Waals surface area contributed by atoms with Gasteiger partial charge in [-0.3, -0.25) is 4.79 Å². The van der Waals surface area contributed by atoms with Gasteiger partial charge in [0, 0.05) is 11.3 Å². The fourth-order valence-electron chi connectivity index (χ4n) is 1.58. The molecule has 0 aliphatic rings. The van der Waals surface area contributed by atoms with Gasteiger partial charge in [-0.05, 0) is 65.1 Å². The number of hydrogen-bond donors (Lipinski definition) is 2. The van der Waals surface area contributed by atoms with Gasteiger partial charge < -0.3 is 15.2 Å². The Morgan fingerprint density at radius 2 is 1.86 bits per heavy atom. The fraction of sp³-hybridized carbons (Fsp3) is 0.0714. The summed E-state index contributed by atoms with van der Waals surface area (Å²) in [6, 6.07) is 10.1. The number of hydrogen-bond acceptors (Lipinski definition) is 3. The predicted octanol–water partition coefficient (Wildman–Crippen LogP) is 3.85. The molecule has 7 heteroatoms. The number of aromatic hydroxyl groups is 1.